The van der Waals surface area contributed by atoms with Crippen molar-refractivity contribution in [2.45, 2.75) is 33.2 Å². The van der Waals surface area contributed by atoms with Gasteiger partial charge in [0.1, 0.15) is 0 Å². The zero-order valence-corrected chi connectivity index (χ0v) is 16.0. The summed E-state index contributed by atoms with van der Waals surface area (Å²) >= 11 is 6.02. The molecule has 3 rings (SSSR count). The third kappa shape index (κ3) is 5.05. The van der Waals surface area contributed by atoms with Gasteiger partial charge in [-0.15, -0.1) is 0 Å². The van der Waals surface area contributed by atoms with Crippen LogP contribution in [0.15, 0.2) is 28.8 Å². The smallest absolute Gasteiger partial charge is 0.241 e. The highest BCUT2D eigenvalue weighted by molar-refractivity contribution is 6.30. The lowest BCUT2D eigenvalue weighted by molar-refractivity contribution is -0.127. The van der Waals surface area contributed by atoms with Gasteiger partial charge in [-0.25, -0.2) is 0 Å². The maximum absolute atomic E-state index is 12.3. The van der Waals surface area contributed by atoms with E-state index in [-0.39, 0.29) is 11.8 Å². The maximum atomic E-state index is 12.3. The van der Waals surface area contributed by atoms with Crippen molar-refractivity contribution in [2.24, 2.45) is 11.8 Å². The summed E-state index contributed by atoms with van der Waals surface area (Å²) in [6, 6.07) is 7.38. The zero-order valence-electron chi connectivity index (χ0n) is 15.2. The van der Waals surface area contributed by atoms with Crippen molar-refractivity contribution in [1.29, 1.82) is 0 Å². The maximum Gasteiger partial charge on any atom is 0.241 e. The second-order valence-electron chi connectivity index (χ2n) is 7.24. The van der Waals surface area contributed by atoms with E-state index in [1.807, 2.05) is 24.3 Å². The molecule has 1 unspecified atom stereocenters. The van der Waals surface area contributed by atoms with Crippen molar-refractivity contribution in [3.63, 3.8) is 0 Å². The molecule has 0 bridgehead atoms. The Morgan fingerprint density at radius 3 is 3.08 bits per heavy atom. The Balaban J connectivity index is 1.58. The molecule has 2 aromatic rings. The molecule has 1 aromatic carbocycles. The van der Waals surface area contributed by atoms with Crippen LogP contribution in [-0.4, -0.2) is 40.6 Å². The fraction of sp³-hybridized carbons (Fsp3) is 0.526. The number of likely N-dealkylation sites (tertiary alicyclic amines) is 1. The zero-order chi connectivity index (χ0) is 18.5. The van der Waals surface area contributed by atoms with E-state index in [1.54, 1.807) is 0 Å². The molecular formula is C19H25ClN4O2. The van der Waals surface area contributed by atoms with Crippen LogP contribution < -0.4 is 5.32 Å². The van der Waals surface area contributed by atoms with Gasteiger partial charge in [-0.2, -0.15) is 4.98 Å². The summed E-state index contributed by atoms with van der Waals surface area (Å²) in [7, 11) is 0. The first-order chi connectivity index (χ1) is 12.5. The molecule has 1 saturated heterocycles. The van der Waals surface area contributed by atoms with Gasteiger partial charge in [0.05, 0.1) is 12.5 Å². The van der Waals surface area contributed by atoms with Crippen molar-refractivity contribution >= 4 is 17.5 Å². The fourth-order valence-corrected chi connectivity index (χ4v) is 3.31. The van der Waals surface area contributed by atoms with Crippen molar-refractivity contribution < 1.29 is 9.32 Å². The highest BCUT2D eigenvalue weighted by atomic mass is 35.5. The molecule has 1 N–H and O–H groups in total. The molecule has 1 aliphatic heterocycles. The highest BCUT2D eigenvalue weighted by Crippen LogP contribution is 2.22. The first kappa shape index (κ1) is 18.9. The van der Waals surface area contributed by atoms with Gasteiger partial charge >= 0.3 is 0 Å². The monoisotopic (exact) mass is 376 g/mol. The first-order valence-electron chi connectivity index (χ1n) is 9.10. The van der Waals surface area contributed by atoms with Crippen LogP contribution in [-0.2, 0) is 11.3 Å². The van der Waals surface area contributed by atoms with Crippen molar-refractivity contribution in [2.75, 3.05) is 19.6 Å². The predicted molar refractivity (Wildman–Crippen MR) is 101 cm³/mol. The van der Waals surface area contributed by atoms with Gasteiger partial charge < -0.3 is 9.84 Å². The molecular weight excluding hydrogens is 352 g/mol. The van der Waals surface area contributed by atoms with Gasteiger partial charge in [-0.05, 0) is 37.4 Å². The molecule has 26 heavy (non-hydrogen) atoms. The number of benzene rings is 1. The van der Waals surface area contributed by atoms with E-state index in [2.05, 4.69) is 34.2 Å². The van der Waals surface area contributed by atoms with E-state index in [9.17, 15) is 4.79 Å². The number of hydrogen-bond acceptors (Lipinski definition) is 5. The largest absolute Gasteiger partial charge is 0.356 e. The van der Waals surface area contributed by atoms with Crippen LogP contribution in [0, 0.1) is 11.8 Å². The highest BCUT2D eigenvalue weighted by Gasteiger charge is 2.26. The van der Waals surface area contributed by atoms with E-state index in [1.165, 1.54) is 0 Å². The lowest BCUT2D eigenvalue weighted by atomic mass is 9.97. The number of piperidine rings is 1. The Hall–Kier alpha value is -1.92. The summed E-state index contributed by atoms with van der Waals surface area (Å²) in [5, 5.41) is 7.72. The lowest BCUT2D eigenvalue weighted by Gasteiger charge is -2.31. The van der Waals surface area contributed by atoms with E-state index in [0.29, 0.717) is 29.2 Å². The Labute approximate surface area is 158 Å². The molecule has 1 atom stereocenters. The minimum Gasteiger partial charge on any atom is -0.356 e. The molecule has 0 spiro atoms. The summed E-state index contributed by atoms with van der Waals surface area (Å²) in [5.41, 5.74) is 0.831. The summed E-state index contributed by atoms with van der Waals surface area (Å²) in [4.78, 5) is 19.0. The average Bonchev–Trinajstić information content (AvgIpc) is 3.08. The quantitative estimate of drug-likeness (QED) is 0.836. The summed E-state index contributed by atoms with van der Waals surface area (Å²) in [6.07, 6.45) is 1.92. The summed E-state index contributed by atoms with van der Waals surface area (Å²) in [5.74, 6) is 1.72. The topological polar surface area (TPSA) is 71.3 Å². The van der Waals surface area contributed by atoms with Crippen LogP contribution in [0.25, 0.3) is 11.4 Å². The number of carbonyl (C=O) groups is 1. The number of halogens is 1. The van der Waals surface area contributed by atoms with Crippen LogP contribution >= 0.6 is 11.6 Å². The molecule has 1 aromatic heterocycles. The molecule has 7 heteroatoms. The van der Waals surface area contributed by atoms with Gasteiger partial charge in [-0.3, -0.25) is 9.69 Å². The summed E-state index contributed by atoms with van der Waals surface area (Å²) < 4.78 is 5.39. The Bertz CT molecular complexity index is 747. The van der Waals surface area contributed by atoms with E-state index in [4.69, 9.17) is 16.1 Å². The molecule has 0 saturated carbocycles. The number of amides is 1. The third-order valence-electron chi connectivity index (χ3n) is 4.47. The standard InChI is InChI=1S/C19H25ClN4O2/c1-13(2)10-21-19(25)15-6-4-8-24(11-15)12-17-22-18(23-26-17)14-5-3-7-16(20)9-14/h3,5,7,9,13,15H,4,6,8,10-12H2,1-2H3,(H,21,25). The lowest BCUT2D eigenvalue weighted by Crippen LogP contribution is -2.43. The van der Waals surface area contributed by atoms with Gasteiger partial charge in [0, 0.05) is 23.7 Å². The van der Waals surface area contributed by atoms with E-state index < -0.39 is 0 Å². The van der Waals surface area contributed by atoms with Crippen molar-refractivity contribution in [3.05, 3.63) is 35.2 Å². The van der Waals surface area contributed by atoms with Gasteiger partial charge in [0.2, 0.25) is 17.6 Å². The first-order valence-corrected chi connectivity index (χ1v) is 9.47. The van der Waals surface area contributed by atoms with Crippen LogP contribution in [0.2, 0.25) is 5.02 Å². The SMILES string of the molecule is CC(C)CNC(=O)C1CCCN(Cc2nc(-c3cccc(Cl)c3)no2)C1. The second kappa shape index (κ2) is 8.64. The van der Waals surface area contributed by atoms with E-state index >= 15 is 0 Å². The number of aromatic nitrogens is 2. The third-order valence-corrected chi connectivity index (χ3v) is 4.71. The fourth-order valence-electron chi connectivity index (χ4n) is 3.12. The number of carbonyl (C=O) groups excluding carboxylic acids is 1. The Kier molecular flexibility index (Phi) is 6.27. The molecule has 6 nitrogen and oxygen atoms in total. The van der Waals surface area contributed by atoms with Gasteiger partial charge in [-0.1, -0.05) is 42.7 Å². The number of rotatable bonds is 6. The number of nitrogens with one attached hydrogen (secondary N) is 1. The molecule has 2 heterocycles. The number of hydrogen-bond donors (Lipinski definition) is 1. The number of nitrogens with zero attached hydrogens (tertiary/aromatic N) is 3. The van der Waals surface area contributed by atoms with Crippen LogP contribution in [0.3, 0.4) is 0 Å². The van der Waals surface area contributed by atoms with E-state index in [0.717, 1.165) is 38.0 Å². The van der Waals surface area contributed by atoms with Crippen LogP contribution in [0.5, 0.6) is 0 Å². The van der Waals surface area contributed by atoms with Crippen LogP contribution in [0.4, 0.5) is 0 Å². The molecule has 140 valence electrons. The minimum atomic E-state index is 0.0258. The van der Waals surface area contributed by atoms with Gasteiger partial charge in [0.15, 0.2) is 0 Å². The Morgan fingerprint density at radius 2 is 2.31 bits per heavy atom. The molecule has 1 fully saturated rings. The molecule has 1 aliphatic rings. The normalized spacial score (nSPS) is 18.2. The van der Waals surface area contributed by atoms with Crippen molar-refractivity contribution in [1.82, 2.24) is 20.4 Å². The molecule has 0 aliphatic carbocycles. The molecule has 0 radical (unpaired) electrons. The summed E-state index contributed by atoms with van der Waals surface area (Å²) in [6.45, 7) is 7.13. The minimum absolute atomic E-state index is 0.0258. The van der Waals surface area contributed by atoms with Crippen LogP contribution in [0.1, 0.15) is 32.6 Å². The Morgan fingerprint density at radius 1 is 1.46 bits per heavy atom. The van der Waals surface area contributed by atoms with Gasteiger partial charge in [0.25, 0.3) is 0 Å². The molecule has 1 amide bonds. The average molecular weight is 377 g/mol. The predicted octanol–water partition coefficient (Wildman–Crippen LogP) is 3.37. The van der Waals surface area contributed by atoms with Crippen molar-refractivity contribution in [3.8, 4) is 11.4 Å². The second-order valence-corrected chi connectivity index (χ2v) is 7.67.